The summed E-state index contributed by atoms with van der Waals surface area (Å²) < 4.78 is 9.22. The first kappa shape index (κ1) is 14.1. The molecule has 0 amide bonds. The Hall–Kier alpha value is 0.0969. The van der Waals surface area contributed by atoms with Crippen molar-refractivity contribution in [3.05, 3.63) is 0 Å². The molecule has 0 aromatic carbocycles. The molecule has 86 valence electrons. The van der Waals surface area contributed by atoms with E-state index in [-0.39, 0.29) is 0 Å². The lowest BCUT2D eigenvalue weighted by molar-refractivity contribution is 0.309. The lowest BCUT2D eigenvalue weighted by Gasteiger charge is -2.12. The van der Waals surface area contributed by atoms with Crippen LogP contribution in [-0.4, -0.2) is 48.8 Å². The molecule has 0 aliphatic carbocycles. The molecule has 14 heavy (non-hydrogen) atoms. The maximum Gasteiger partial charge on any atom is 0.303 e. The van der Waals surface area contributed by atoms with Gasteiger partial charge < -0.3 is 13.8 Å². The third kappa shape index (κ3) is 8.68. The van der Waals surface area contributed by atoms with Crippen LogP contribution in [0.1, 0.15) is 32.6 Å². The van der Waals surface area contributed by atoms with Crippen molar-refractivity contribution in [3.8, 4) is 0 Å². The predicted octanol–water partition coefficient (Wildman–Crippen LogP) is 1.16. The molecule has 1 rings (SSSR count). The molecule has 0 saturated carbocycles. The standard InChI is InChI=1S/C8H17N.C2H8O2Si/c1-2-3-6-9-7-4-5-8-9;1-3-5-4-2/h2-8H2,1H3;5H2,1-2H3. The molecule has 1 heterocycles. The molecule has 0 radical (unpaired) electrons. The fraction of sp³-hybridized carbons (Fsp3) is 1.00. The van der Waals surface area contributed by atoms with Gasteiger partial charge in [-0.05, 0) is 38.9 Å². The molecule has 0 aromatic rings. The summed E-state index contributed by atoms with van der Waals surface area (Å²) in [7, 11) is 2.73. The van der Waals surface area contributed by atoms with E-state index in [0.717, 1.165) is 0 Å². The smallest absolute Gasteiger partial charge is 0.303 e. The SMILES string of the molecule is CCCCN1CCCC1.CO[SiH2]OC. The van der Waals surface area contributed by atoms with Crippen LogP contribution in [-0.2, 0) is 8.85 Å². The number of hydrogen-bond donors (Lipinski definition) is 0. The van der Waals surface area contributed by atoms with Gasteiger partial charge in [0, 0.05) is 14.2 Å². The molecule has 0 aromatic heterocycles. The van der Waals surface area contributed by atoms with Gasteiger partial charge in [-0.3, -0.25) is 0 Å². The van der Waals surface area contributed by atoms with E-state index in [2.05, 4.69) is 20.7 Å². The molecule has 0 bridgehead atoms. The molecule has 1 fully saturated rings. The monoisotopic (exact) mass is 219 g/mol. The Labute approximate surface area is 90.8 Å². The van der Waals surface area contributed by atoms with E-state index >= 15 is 0 Å². The van der Waals surface area contributed by atoms with Crippen molar-refractivity contribution in [1.82, 2.24) is 4.90 Å². The van der Waals surface area contributed by atoms with Gasteiger partial charge in [-0.1, -0.05) is 13.3 Å². The van der Waals surface area contributed by atoms with Crippen molar-refractivity contribution >= 4 is 10.0 Å². The van der Waals surface area contributed by atoms with Crippen LogP contribution in [0, 0.1) is 0 Å². The van der Waals surface area contributed by atoms with Crippen LogP contribution in [0.15, 0.2) is 0 Å². The minimum absolute atomic E-state index is 0.568. The second-order valence-corrected chi connectivity index (χ2v) is 4.99. The quantitative estimate of drug-likeness (QED) is 0.648. The van der Waals surface area contributed by atoms with Gasteiger partial charge in [0.25, 0.3) is 0 Å². The van der Waals surface area contributed by atoms with Crippen LogP contribution < -0.4 is 0 Å². The highest BCUT2D eigenvalue weighted by molar-refractivity contribution is 6.17. The molecule has 0 atom stereocenters. The lowest BCUT2D eigenvalue weighted by atomic mass is 10.3. The summed E-state index contributed by atoms with van der Waals surface area (Å²) in [5.74, 6) is 0. The van der Waals surface area contributed by atoms with E-state index in [1.165, 1.54) is 45.3 Å². The topological polar surface area (TPSA) is 21.7 Å². The fourth-order valence-electron chi connectivity index (χ4n) is 1.51. The minimum Gasteiger partial charge on any atom is -0.402 e. The Morgan fingerprint density at radius 1 is 1.14 bits per heavy atom. The number of nitrogens with zero attached hydrogens (tertiary/aromatic N) is 1. The molecule has 1 saturated heterocycles. The maximum absolute atomic E-state index is 4.61. The summed E-state index contributed by atoms with van der Waals surface area (Å²) in [5.41, 5.74) is 0. The molecule has 1 aliphatic rings. The molecule has 4 heteroatoms. The third-order valence-electron chi connectivity index (χ3n) is 2.26. The summed E-state index contributed by atoms with van der Waals surface area (Å²) in [4.78, 5) is 2.57. The second kappa shape index (κ2) is 11.2. The van der Waals surface area contributed by atoms with Crippen LogP contribution in [0.4, 0.5) is 0 Å². The summed E-state index contributed by atoms with van der Waals surface area (Å²) in [6.45, 7) is 6.33. The molecular formula is C10H25NO2Si. The van der Waals surface area contributed by atoms with Crippen molar-refractivity contribution in [2.24, 2.45) is 0 Å². The van der Waals surface area contributed by atoms with Crippen molar-refractivity contribution in [1.29, 1.82) is 0 Å². The molecular weight excluding hydrogens is 194 g/mol. The first-order valence-corrected chi connectivity index (χ1v) is 6.70. The van der Waals surface area contributed by atoms with Gasteiger partial charge in [-0.25, -0.2) is 0 Å². The summed E-state index contributed by atoms with van der Waals surface area (Å²) in [5, 5.41) is 0. The van der Waals surface area contributed by atoms with Crippen LogP contribution in [0.5, 0.6) is 0 Å². The number of hydrogen-bond acceptors (Lipinski definition) is 3. The number of unbranched alkanes of at least 4 members (excludes halogenated alkanes) is 1. The van der Waals surface area contributed by atoms with Gasteiger partial charge in [-0.2, -0.15) is 0 Å². The van der Waals surface area contributed by atoms with E-state index in [4.69, 9.17) is 0 Å². The van der Waals surface area contributed by atoms with Crippen molar-refractivity contribution in [2.75, 3.05) is 33.9 Å². The molecule has 0 spiro atoms. The van der Waals surface area contributed by atoms with Gasteiger partial charge in [0.15, 0.2) is 0 Å². The average Bonchev–Trinajstić information content (AvgIpc) is 2.69. The lowest BCUT2D eigenvalue weighted by Crippen LogP contribution is -2.19. The molecule has 0 N–H and O–H groups in total. The number of likely N-dealkylation sites (tertiary alicyclic amines) is 1. The first-order chi connectivity index (χ1) is 6.85. The Kier molecular flexibility index (Phi) is 11.3. The summed E-state index contributed by atoms with van der Waals surface area (Å²) in [6, 6.07) is 0. The van der Waals surface area contributed by atoms with Gasteiger partial charge in [0.05, 0.1) is 0 Å². The normalized spacial score (nSPS) is 16.5. The Morgan fingerprint density at radius 2 is 1.71 bits per heavy atom. The average molecular weight is 219 g/mol. The zero-order valence-corrected chi connectivity index (χ0v) is 11.3. The maximum atomic E-state index is 4.61. The van der Waals surface area contributed by atoms with Gasteiger partial charge in [0.1, 0.15) is 0 Å². The largest absolute Gasteiger partial charge is 0.402 e. The van der Waals surface area contributed by atoms with Crippen LogP contribution >= 0.6 is 0 Å². The first-order valence-electron chi connectivity index (χ1n) is 5.55. The highest BCUT2D eigenvalue weighted by Crippen LogP contribution is 2.07. The van der Waals surface area contributed by atoms with Gasteiger partial charge in [0.2, 0.25) is 0 Å². The van der Waals surface area contributed by atoms with E-state index in [1.807, 2.05) is 0 Å². The zero-order chi connectivity index (χ0) is 10.6. The van der Waals surface area contributed by atoms with E-state index in [1.54, 1.807) is 14.2 Å². The second-order valence-electron chi connectivity index (χ2n) is 3.60. The van der Waals surface area contributed by atoms with Crippen molar-refractivity contribution in [3.63, 3.8) is 0 Å². The van der Waals surface area contributed by atoms with E-state index in [0.29, 0.717) is 0 Å². The summed E-state index contributed by atoms with van der Waals surface area (Å²) >= 11 is 0. The van der Waals surface area contributed by atoms with E-state index < -0.39 is 10.0 Å². The molecule has 1 aliphatic heterocycles. The van der Waals surface area contributed by atoms with E-state index in [9.17, 15) is 0 Å². The Morgan fingerprint density at radius 3 is 2.07 bits per heavy atom. The minimum atomic E-state index is -0.568. The van der Waals surface area contributed by atoms with Crippen LogP contribution in [0.25, 0.3) is 0 Å². The fourth-order valence-corrected chi connectivity index (χ4v) is 1.74. The predicted molar refractivity (Wildman–Crippen MR) is 63.1 cm³/mol. The van der Waals surface area contributed by atoms with Crippen LogP contribution in [0.2, 0.25) is 0 Å². The molecule has 3 nitrogen and oxygen atoms in total. The third-order valence-corrected chi connectivity index (χ3v) is 2.73. The van der Waals surface area contributed by atoms with Gasteiger partial charge in [-0.15, -0.1) is 0 Å². The Balaban J connectivity index is 0.000000292. The summed E-state index contributed by atoms with van der Waals surface area (Å²) in [6.07, 6.45) is 5.60. The number of rotatable bonds is 5. The zero-order valence-electron chi connectivity index (χ0n) is 9.92. The van der Waals surface area contributed by atoms with Gasteiger partial charge >= 0.3 is 10.0 Å². The van der Waals surface area contributed by atoms with Crippen molar-refractivity contribution < 1.29 is 8.85 Å². The van der Waals surface area contributed by atoms with Crippen LogP contribution in [0.3, 0.4) is 0 Å². The molecule has 0 unspecified atom stereocenters. The highest BCUT2D eigenvalue weighted by Gasteiger charge is 2.08. The van der Waals surface area contributed by atoms with Crippen molar-refractivity contribution in [2.45, 2.75) is 32.6 Å². The Bertz CT molecular complexity index is 106. The highest BCUT2D eigenvalue weighted by atomic mass is 28.3.